The standard InChI is InChI=1S/C7H8ClNS/c8-5-2-1-3-6-7(5)10-4-9-6/h1-2,6,9H,3-4H2. The lowest BCUT2D eigenvalue weighted by Crippen LogP contribution is -2.23. The van der Waals surface area contributed by atoms with Crippen LogP contribution in [0.2, 0.25) is 0 Å². The Bertz CT molecular complexity index is 210. The topological polar surface area (TPSA) is 12.0 Å². The van der Waals surface area contributed by atoms with E-state index in [0.717, 1.165) is 17.3 Å². The van der Waals surface area contributed by atoms with Crippen LogP contribution in [0.15, 0.2) is 22.1 Å². The predicted octanol–water partition coefficient (Wildman–Crippen LogP) is 2.06. The maximum Gasteiger partial charge on any atom is 0.0514 e. The fourth-order valence-corrected chi connectivity index (χ4v) is 2.64. The van der Waals surface area contributed by atoms with Crippen molar-refractivity contribution in [2.75, 3.05) is 5.88 Å². The first kappa shape index (κ1) is 6.77. The normalized spacial score (nSPS) is 31.1. The molecule has 1 saturated heterocycles. The van der Waals surface area contributed by atoms with E-state index in [2.05, 4.69) is 11.4 Å². The molecule has 3 heteroatoms. The third-order valence-corrected chi connectivity index (χ3v) is 3.31. The van der Waals surface area contributed by atoms with E-state index in [-0.39, 0.29) is 0 Å². The fourth-order valence-electron chi connectivity index (χ4n) is 1.23. The summed E-state index contributed by atoms with van der Waals surface area (Å²) in [5.41, 5.74) is 0. The van der Waals surface area contributed by atoms with Crippen molar-refractivity contribution >= 4 is 23.4 Å². The Balaban J connectivity index is 2.32. The van der Waals surface area contributed by atoms with Gasteiger partial charge in [0.1, 0.15) is 0 Å². The van der Waals surface area contributed by atoms with Crippen LogP contribution in [0.3, 0.4) is 0 Å². The van der Waals surface area contributed by atoms with Crippen LogP contribution < -0.4 is 5.32 Å². The van der Waals surface area contributed by atoms with Crippen LogP contribution in [0.25, 0.3) is 0 Å². The molecule has 1 atom stereocenters. The number of rotatable bonds is 0. The molecular weight excluding hydrogens is 166 g/mol. The van der Waals surface area contributed by atoms with E-state index in [9.17, 15) is 0 Å². The third-order valence-electron chi connectivity index (χ3n) is 1.75. The van der Waals surface area contributed by atoms with Crippen molar-refractivity contribution in [2.24, 2.45) is 0 Å². The van der Waals surface area contributed by atoms with Gasteiger partial charge in [0.2, 0.25) is 0 Å². The van der Waals surface area contributed by atoms with E-state index >= 15 is 0 Å². The average molecular weight is 174 g/mol. The summed E-state index contributed by atoms with van der Waals surface area (Å²) in [7, 11) is 0. The predicted molar refractivity (Wildman–Crippen MR) is 46.0 cm³/mol. The highest BCUT2D eigenvalue weighted by Gasteiger charge is 2.23. The van der Waals surface area contributed by atoms with Crippen molar-refractivity contribution in [3.63, 3.8) is 0 Å². The number of hydrogen-bond donors (Lipinski definition) is 1. The maximum atomic E-state index is 5.95. The highest BCUT2D eigenvalue weighted by molar-refractivity contribution is 8.03. The quantitative estimate of drug-likeness (QED) is 0.602. The second-order valence-corrected chi connectivity index (χ2v) is 3.82. The summed E-state index contributed by atoms with van der Waals surface area (Å²) in [5.74, 6) is 1.01. The minimum atomic E-state index is 0.516. The van der Waals surface area contributed by atoms with Crippen molar-refractivity contribution in [1.82, 2.24) is 5.32 Å². The van der Waals surface area contributed by atoms with Crippen molar-refractivity contribution in [2.45, 2.75) is 12.5 Å². The van der Waals surface area contributed by atoms with Crippen LogP contribution in [-0.2, 0) is 0 Å². The number of hydrogen-bond acceptors (Lipinski definition) is 2. The van der Waals surface area contributed by atoms with Gasteiger partial charge >= 0.3 is 0 Å². The molecule has 1 aliphatic heterocycles. The second-order valence-electron chi connectivity index (χ2n) is 2.40. The van der Waals surface area contributed by atoms with Gasteiger partial charge in [-0.2, -0.15) is 0 Å². The molecule has 1 heterocycles. The Morgan fingerprint density at radius 2 is 2.60 bits per heavy atom. The number of allylic oxidation sites excluding steroid dienone is 2. The summed E-state index contributed by atoms with van der Waals surface area (Å²) in [6.45, 7) is 0. The molecular formula is C7H8ClNS. The van der Waals surface area contributed by atoms with Gasteiger partial charge in [-0.15, -0.1) is 11.8 Å². The van der Waals surface area contributed by atoms with Crippen molar-refractivity contribution in [3.8, 4) is 0 Å². The van der Waals surface area contributed by atoms with Crippen molar-refractivity contribution in [3.05, 3.63) is 22.1 Å². The molecule has 1 N–H and O–H groups in total. The lowest BCUT2D eigenvalue weighted by atomic mass is 10.1. The molecule has 0 spiro atoms. The lowest BCUT2D eigenvalue weighted by Gasteiger charge is -2.13. The molecule has 0 amide bonds. The molecule has 0 aromatic carbocycles. The molecule has 0 aromatic heterocycles. The molecule has 10 heavy (non-hydrogen) atoms. The molecule has 1 nitrogen and oxygen atoms in total. The first-order valence-corrected chi connectivity index (χ1v) is 4.66. The smallest absolute Gasteiger partial charge is 0.0514 e. The van der Waals surface area contributed by atoms with E-state index in [0.29, 0.717) is 6.04 Å². The molecule has 1 fully saturated rings. The second kappa shape index (κ2) is 2.61. The zero-order valence-corrected chi connectivity index (χ0v) is 7.00. The molecule has 54 valence electrons. The number of halogens is 1. The Morgan fingerprint density at radius 3 is 3.40 bits per heavy atom. The summed E-state index contributed by atoms with van der Waals surface area (Å²) in [6.07, 6.45) is 5.21. The highest BCUT2D eigenvalue weighted by Crippen LogP contribution is 2.35. The minimum absolute atomic E-state index is 0.516. The zero-order chi connectivity index (χ0) is 6.97. The van der Waals surface area contributed by atoms with Gasteiger partial charge in [-0.3, -0.25) is 5.32 Å². The van der Waals surface area contributed by atoms with Crippen LogP contribution in [0, 0.1) is 0 Å². The van der Waals surface area contributed by atoms with Gasteiger partial charge in [-0.1, -0.05) is 17.7 Å². The third kappa shape index (κ3) is 1.00. The maximum absolute atomic E-state index is 5.95. The number of nitrogens with one attached hydrogen (secondary N) is 1. The van der Waals surface area contributed by atoms with E-state index < -0.39 is 0 Å². The highest BCUT2D eigenvalue weighted by atomic mass is 35.5. The van der Waals surface area contributed by atoms with Gasteiger partial charge in [-0.05, 0) is 12.5 Å². The lowest BCUT2D eigenvalue weighted by molar-refractivity contribution is 0.670. The summed E-state index contributed by atoms with van der Waals surface area (Å²) >= 11 is 7.77. The molecule has 0 radical (unpaired) electrons. The monoisotopic (exact) mass is 173 g/mol. The van der Waals surface area contributed by atoms with Crippen LogP contribution >= 0.6 is 23.4 Å². The first-order chi connectivity index (χ1) is 4.88. The van der Waals surface area contributed by atoms with E-state index in [1.807, 2.05) is 17.8 Å². The molecule has 0 saturated carbocycles. The van der Waals surface area contributed by atoms with Crippen LogP contribution in [0.4, 0.5) is 0 Å². The van der Waals surface area contributed by atoms with Gasteiger partial charge in [0.25, 0.3) is 0 Å². The average Bonchev–Trinajstić information content (AvgIpc) is 2.36. The van der Waals surface area contributed by atoms with E-state index in [1.54, 1.807) is 0 Å². The fraction of sp³-hybridized carbons (Fsp3) is 0.429. The van der Waals surface area contributed by atoms with Gasteiger partial charge in [0.05, 0.1) is 5.03 Å². The Labute approximate surface area is 69.5 Å². The first-order valence-electron chi connectivity index (χ1n) is 3.30. The summed E-state index contributed by atoms with van der Waals surface area (Å²) in [6, 6.07) is 0.516. The van der Waals surface area contributed by atoms with Crippen LogP contribution in [0.5, 0.6) is 0 Å². The van der Waals surface area contributed by atoms with Gasteiger partial charge in [-0.25, -0.2) is 0 Å². The van der Waals surface area contributed by atoms with Crippen LogP contribution in [-0.4, -0.2) is 11.9 Å². The zero-order valence-electron chi connectivity index (χ0n) is 5.43. The number of thioether (sulfide) groups is 1. The molecule has 2 rings (SSSR count). The largest absolute Gasteiger partial charge is 0.300 e. The molecule has 0 bridgehead atoms. The summed E-state index contributed by atoms with van der Waals surface area (Å²) in [4.78, 5) is 1.32. The summed E-state index contributed by atoms with van der Waals surface area (Å²) in [5, 5.41) is 4.28. The van der Waals surface area contributed by atoms with Gasteiger partial charge in [0.15, 0.2) is 0 Å². The Kier molecular flexibility index (Phi) is 1.76. The molecule has 0 aromatic rings. The van der Waals surface area contributed by atoms with Crippen molar-refractivity contribution < 1.29 is 0 Å². The Morgan fingerprint density at radius 1 is 1.70 bits per heavy atom. The van der Waals surface area contributed by atoms with Crippen LogP contribution in [0.1, 0.15) is 6.42 Å². The van der Waals surface area contributed by atoms with E-state index in [1.165, 1.54) is 4.91 Å². The Hall–Kier alpha value is 0.0800. The molecule has 2 aliphatic rings. The number of fused-ring (bicyclic) bond motifs is 1. The van der Waals surface area contributed by atoms with Gasteiger partial charge in [0, 0.05) is 16.8 Å². The summed E-state index contributed by atoms with van der Waals surface area (Å²) < 4.78 is 0. The van der Waals surface area contributed by atoms with Crippen molar-refractivity contribution in [1.29, 1.82) is 0 Å². The van der Waals surface area contributed by atoms with E-state index in [4.69, 9.17) is 11.6 Å². The molecule has 1 aliphatic carbocycles. The SMILES string of the molecule is ClC1=C2SCNC2CC=C1. The minimum Gasteiger partial charge on any atom is -0.300 e. The van der Waals surface area contributed by atoms with Gasteiger partial charge < -0.3 is 0 Å². The molecule has 1 unspecified atom stereocenters.